The Balaban J connectivity index is 3.02. The monoisotopic (exact) mass is 115 g/mol. The predicted octanol–water partition coefficient (Wildman–Crippen LogP) is -1.32. The number of halogens is 2. The molecule has 0 atom stereocenters. The third kappa shape index (κ3) is 113. The second kappa shape index (κ2) is 1.30. The SMILES string of the molecule is [NH3+]C([O-])(Cl)Cl. The van der Waals surface area contributed by atoms with E-state index in [1.54, 1.807) is 0 Å². The lowest BCUT2D eigenvalue weighted by Crippen LogP contribution is -2.73. The number of hydrogen-bond acceptors (Lipinski definition) is 1. The van der Waals surface area contributed by atoms with Crippen LogP contribution in [0.25, 0.3) is 0 Å². The maximum Gasteiger partial charge on any atom is 0.188 e. The number of hydrogen-bond donors (Lipinski definition) is 1. The Morgan fingerprint density at radius 3 is 1.60 bits per heavy atom. The van der Waals surface area contributed by atoms with Gasteiger partial charge in [-0.05, 0) is 0 Å². The number of alkyl halides is 2. The van der Waals surface area contributed by atoms with Crippen LogP contribution in [0.4, 0.5) is 0 Å². The van der Waals surface area contributed by atoms with Crippen LogP contribution in [0.1, 0.15) is 0 Å². The first-order valence-electron chi connectivity index (χ1n) is 0.936. The van der Waals surface area contributed by atoms with Crippen LogP contribution in [0.3, 0.4) is 0 Å². The Morgan fingerprint density at radius 2 is 1.60 bits per heavy atom. The average Bonchev–Trinajstić information content (AvgIpc) is 0.722. The van der Waals surface area contributed by atoms with Crippen molar-refractivity contribution < 1.29 is 10.8 Å². The van der Waals surface area contributed by atoms with Gasteiger partial charge >= 0.3 is 0 Å². The second-order valence-electron chi connectivity index (χ2n) is 0.637. The standard InChI is InChI=1S/CH2Cl2NO/c2-1(3,4)5/h4H2/q-1/p+1. The fourth-order valence-electron chi connectivity index (χ4n) is 0. The lowest BCUT2D eigenvalue weighted by Gasteiger charge is -2.10. The van der Waals surface area contributed by atoms with Crippen molar-refractivity contribution in [3.05, 3.63) is 0 Å². The molecule has 2 nitrogen and oxygen atoms in total. The van der Waals surface area contributed by atoms with Crippen molar-refractivity contribution in [3.8, 4) is 0 Å². The number of rotatable bonds is 0. The summed E-state index contributed by atoms with van der Waals surface area (Å²) in [4.78, 5) is 0. The maximum absolute atomic E-state index is 9.52. The first-order chi connectivity index (χ1) is 2.00. The smallest absolute Gasteiger partial charge is 0.188 e. The fraction of sp³-hybridized carbons (Fsp3) is 1.00. The third-order valence-electron chi connectivity index (χ3n) is 0. The van der Waals surface area contributed by atoms with Crippen molar-refractivity contribution in [1.29, 1.82) is 0 Å². The minimum Gasteiger partial charge on any atom is -0.777 e. The summed E-state index contributed by atoms with van der Waals surface area (Å²) < 4.78 is -2.06. The lowest BCUT2D eigenvalue weighted by atomic mass is 11.3. The van der Waals surface area contributed by atoms with Crippen LogP contribution in [-0.2, 0) is 0 Å². The summed E-state index contributed by atoms with van der Waals surface area (Å²) in [6, 6.07) is 0. The summed E-state index contributed by atoms with van der Waals surface area (Å²) in [6.07, 6.45) is 0. The van der Waals surface area contributed by atoms with E-state index in [9.17, 15) is 5.11 Å². The molecule has 0 heterocycles. The van der Waals surface area contributed by atoms with Crippen LogP contribution < -0.4 is 10.8 Å². The molecule has 4 heteroatoms. The van der Waals surface area contributed by atoms with Gasteiger partial charge in [0.15, 0.2) is 4.64 Å². The number of quaternary nitrogens is 1. The van der Waals surface area contributed by atoms with Crippen molar-refractivity contribution in [1.82, 2.24) is 0 Å². The molecule has 32 valence electrons. The molecule has 0 saturated heterocycles. The van der Waals surface area contributed by atoms with E-state index in [1.165, 1.54) is 0 Å². The van der Waals surface area contributed by atoms with E-state index in [-0.39, 0.29) is 0 Å². The normalized spacial score (nSPS) is 12.0. The van der Waals surface area contributed by atoms with Gasteiger partial charge in [-0.1, -0.05) is 23.2 Å². The van der Waals surface area contributed by atoms with E-state index in [0.29, 0.717) is 0 Å². The summed E-state index contributed by atoms with van der Waals surface area (Å²) >= 11 is 9.26. The molecule has 0 aromatic rings. The Hall–Kier alpha value is 0.500. The topological polar surface area (TPSA) is 50.7 Å². The molecule has 0 unspecified atom stereocenters. The molecule has 0 saturated carbocycles. The van der Waals surface area contributed by atoms with Crippen LogP contribution in [0, 0.1) is 0 Å². The van der Waals surface area contributed by atoms with Gasteiger partial charge in [-0.3, -0.25) is 0 Å². The van der Waals surface area contributed by atoms with Gasteiger partial charge in [0.05, 0.1) is 0 Å². The summed E-state index contributed by atoms with van der Waals surface area (Å²) in [7, 11) is 0. The molecule has 3 N–H and O–H groups in total. The summed E-state index contributed by atoms with van der Waals surface area (Å²) in [6.45, 7) is 0. The average molecular weight is 116 g/mol. The van der Waals surface area contributed by atoms with Crippen molar-refractivity contribution in [3.63, 3.8) is 0 Å². The van der Waals surface area contributed by atoms with Crippen molar-refractivity contribution in [2.75, 3.05) is 0 Å². The van der Waals surface area contributed by atoms with E-state index in [1.807, 2.05) is 0 Å². The van der Waals surface area contributed by atoms with E-state index >= 15 is 0 Å². The molecule has 0 bridgehead atoms. The fourth-order valence-corrected chi connectivity index (χ4v) is 0. The van der Waals surface area contributed by atoms with Crippen LogP contribution in [0.5, 0.6) is 0 Å². The van der Waals surface area contributed by atoms with Gasteiger partial charge < -0.3 is 10.8 Å². The highest BCUT2D eigenvalue weighted by molar-refractivity contribution is 6.44. The van der Waals surface area contributed by atoms with Crippen molar-refractivity contribution in [2.45, 2.75) is 4.64 Å². The molecule has 0 aliphatic carbocycles. The molecule has 0 rings (SSSR count). The van der Waals surface area contributed by atoms with Crippen LogP contribution in [0.2, 0.25) is 0 Å². The molecular weight excluding hydrogens is 113 g/mol. The highest BCUT2D eigenvalue weighted by Crippen LogP contribution is 1.95. The van der Waals surface area contributed by atoms with Crippen molar-refractivity contribution in [2.24, 2.45) is 0 Å². The minimum absolute atomic E-state index is 2.06. The molecule has 0 amide bonds. The zero-order valence-corrected chi connectivity index (χ0v) is 3.88. The molecule has 0 aliphatic heterocycles. The minimum atomic E-state index is -2.06. The summed E-state index contributed by atoms with van der Waals surface area (Å²) in [5.41, 5.74) is 2.75. The molecule has 0 fully saturated rings. The molecule has 5 heavy (non-hydrogen) atoms. The highest BCUT2D eigenvalue weighted by atomic mass is 35.5. The van der Waals surface area contributed by atoms with E-state index < -0.39 is 4.64 Å². The van der Waals surface area contributed by atoms with Gasteiger partial charge in [0, 0.05) is 0 Å². The van der Waals surface area contributed by atoms with Crippen molar-refractivity contribution >= 4 is 23.2 Å². The Bertz CT molecular complexity index is 25.1. The Kier molecular flexibility index (Phi) is 1.44. The zero-order chi connectivity index (χ0) is 4.50. The predicted molar refractivity (Wildman–Crippen MR) is 17.3 cm³/mol. The van der Waals surface area contributed by atoms with E-state index in [0.717, 1.165) is 0 Å². The Morgan fingerprint density at radius 1 is 1.60 bits per heavy atom. The van der Waals surface area contributed by atoms with Gasteiger partial charge in [0.1, 0.15) is 0 Å². The molecule has 0 spiro atoms. The first-order valence-corrected chi connectivity index (χ1v) is 1.69. The maximum atomic E-state index is 9.52. The second-order valence-corrected chi connectivity index (χ2v) is 2.05. The highest BCUT2D eigenvalue weighted by Gasteiger charge is 1.97. The van der Waals surface area contributed by atoms with Gasteiger partial charge in [-0.2, -0.15) is 0 Å². The molecular formula is CH3Cl2NO. The summed E-state index contributed by atoms with van der Waals surface area (Å²) in [5.74, 6) is 0. The summed E-state index contributed by atoms with van der Waals surface area (Å²) in [5, 5.41) is 9.52. The van der Waals surface area contributed by atoms with Crippen LogP contribution >= 0.6 is 23.2 Å². The van der Waals surface area contributed by atoms with E-state index in [2.05, 4.69) is 28.9 Å². The molecule has 0 aromatic carbocycles. The zero-order valence-electron chi connectivity index (χ0n) is 2.37. The molecule has 0 radical (unpaired) electrons. The lowest BCUT2D eigenvalue weighted by molar-refractivity contribution is -0.649. The van der Waals surface area contributed by atoms with Gasteiger partial charge in [0.25, 0.3) is 0 Å². The molecule has 0 aliphatic rings. The quantitative estimate of drug-likeness (QED) is 0.238. The van der Waals surface area contributed by atoms with Gasteiger partial charge in [-0.15, -0.1) is 0 Å². The van der Waals surface area contributed by atoms with Gasteiger partial charge in [-0.25, -0.2) is 0 Å². The third-order valence-corrected chi connectivity index (χ3v) is 0. The van der Waals surface area contributed by atoms with Gasteiger partial charge in [0.2, 0.25) is 0 Å². The van der Waals surface area contributed by atoms with Crippen LogP contribution in [0.15, 0.2) is 0 Å². The molecule has 0 aromatic heterocycles. The first kappa shape index (κ1) is 5.50. The van der Waals surface area contributed by atoms with E-state index in [4.69, 9.17) is 0 Å². The largest absolute Gasteiger partial charge is 0.777 e. The van der Waals surface area contributed by atoms with Crippen LogP contribution in [-0.4, -0.2) is 4.64 Å². The Labute approximate surface area is 39.5 Å².